The number of isocyanates is 1. The summed E-state index contributed by atoms with van der Waals surface area (Å²) in [7, 11) is 0. The fourth-order valence-electron chi connectivity index (χ4n) is 2.68. The molecule has 0 radical (unpaired) electrons. The van der Waals surface area contributed by atoms with Gasteiger partial charge in [0.25, 0.3) is 0 Å². The molecular weight excluding hydrogens is 212 g/mol. The first kappa shape index (κ1) is 14.4. The van der Waals surface area contributed by atoms with Gasteiger partial charge < -0.3 is 4.90 Å². The Bertz CT molecular complexity index is 247. The highest BCUT2D eigenvalue weighted by Gasteiger charge is 2.38. The zero-order chi connectivity index (χ0) is 12.6. The third-order valence-electron chi connectivity index (χ3n) is 4.18. The second-order valence-corrected chi connectivity index (χ2v) is 5.30. The van der Waals surface area contributed by atoms with Crippen LogP contribution in [0.1, 0.15) is 52.4 Å². The lowest BCUT2D eigenvalue weighted by atomic mass is 9.75. The number of hydrogen-bond acceptors (Lipinski definition) is 3. The molecule has 0 aromatic heterocycles. The molecule has 1 rings (SSSR count). The molecule has 1 heterocycles. The maximum absolute atomic E-state index is 9.85. The maximum Gasteiger partial charge on any atom is 0.234 e. The predicted octanol–water partition coefficient (Wildman–Crippen LogP) is 3.00. The van der Waals surface area contributed by atoms with E-state index >= 15 is 0 Å². The van der Waals surface area contributed by atoms with E-state index in [9.17, 15) is 4.79 Å². The summed E-state index contributed by atoms with van der Waals surface area (Å²) in [4.78, 5) is 16.0. The first-order valence-corrected chi connectivity index (χ1v) is 7.02. The van der Waals surface area contributed by atoms with Crippen molar-refractivity contribution in [3.05, 3.63) is 0 Å². The van der Waals surface area contributed by atoms with Gasteiger partial charge in [-0.2, -0.15) is 0 Å². The van der Waals surface area contributed by atoms with Crippen molar-refractivity contribution in [1.29, 1.82) is 0 Å². The van der Waals surface area contributed by atoms with Crippen molar-refractivity contribution in [1.82, 2.24) is 4.90 Å². The minimum Gasteiger partial charge on any atom is -0.302 e. The number of hydrogen-bond donors (Lipinski definition) is 0. The number of unbranched alkanes of at least 4 members (excludes halogenated alkanes) is 3. The standard InChI is InChI=1S/C14H26N2O/c1-3-14(4-2)11-16(12-14)10-8-6-5-7-9-15-13-17/h3-12H2,1-2H3. The van der Waals surface area contributed by atoms with Gasteiger partial charge >= 0.3 is 0 Å². The van der Waals surface area contributed by atoms with E-state index in [1.165, 1.54) is 51.7 Å². The van der Waals surface area contributed by atoms with Gasteiger partial charge in [-0.15, -0.1) is 0 Å². The predicted molar refractivity (Wildman–Crippen MR) is 70.9 cm³/mol. The van der Waals surface area contributed by atoms with Crippen molar-refractivity contribution >= 4 is 6.08 Å². The number of carbonyl (C=O) groups excluding carboxylic acids is 1. The molecule has 1 aliphatic rings. The highest BCUT2D eigenvalue weighted by atomic mass is 16.1. The Morgan fingerprint density at radius 1 is 1.12 bits per heavy atom. The molecule has 3 heteroatoms. The van der Waals surface area contributed by atoms with Gasteiger partial charge in [0.2, 0.25) is 6.08 Å². The lowest BCUT2D eigenvalue weighted by Crippen LogP contribution is -2.55. The number of aliphatic imine (C=N–C) groups is 1. The molecule has 1 fully saturated rings. The van der Waals surface area contributed by atoms with Crippen LogP contribution in [-0.2, 0) is 4.79 Å². The van der Waals surface area contributed by atoms with Crippen LogP contribution < -0.4 is 0 Å². The Morgan fingerprint density at radius 2 is 1.76 bits per heavy atom. The summed E-state index contributed by atoms with van der Waals surface area (Å²) >= 11 is 0. The summed E-state index contributed by atoms with van der Waals surface area (Å²) in [6.45, 7) is 9.13. The summed E-state index contributed by atoms with van der Waals surface area (Å²) in [6.07, 6.45) is 8.99. The van der Waals surface area contributed by atoms with Gasteiger partial charge in [0.1, 0.15) is 0 Å². The molecule has 0 unspecified atom stereocenters. The van der Waals surface area contributed by atoms with E-state index in [1.54, 1.807) is 6.08 Å². The highest BCUT2D eigenvalue weighted by molar-refractivity contribution is 5.32. The van der Waals surface area contributed by atoms with Crippen molar-refractivity contribution < 1.29 is 4.79 Å². The van der Waals surface area contributed by atoms with Crippen molar-refractivity contribution in [2.24, 2.45) is 10.4 Å². The lowest BCUT2D eigenvalue weighted by molar-refractivity contribution is -0.00669. The average Bonchev–Trinajstić information content (AvgIpc) is 2.31. The Labute approximate surface area is 105 Å². The van der Waals surface area contributed by atoms with Gasteiger partial charge in [-0.3, -0.25) is 0 Å². The summed E-state index contributed by atoms with van der Waals surface area (Å²) in [5, 5.41) is 0. The molecule has 0 aromatic carbocycles. The van der Waals surface area contributed by atoms with Crippen molar-refractivity contribution in [2.75, 3.05) is 26.2 Å². The fourth-order valence-corrected chi connectivity index (χ4v) is 2.68. The second-order valence-electron chi connectivity index (χ2n) is 5.30. The Hall–Kier alpha value is -0.660. The SMILES string of the molecule is CCC1(CC)CN(CCCCCCN=C=O)C1. The lowest BCUT2D eigenvalue weighted by Gasteiger charge is -2.50. The van der Waals surface area contributed by atoms with Crippen LogP contribution in [0.2, 0.25) is 0 Å². The van der Waals surface area contributed by atoms with Crippen LogP contribution in [0.15, 0.2) is 4.99 Å². The molecule has 0 saturated carbocycles. The van der Waals surface area contributed by atoms with Crippen LogP contribution in [0, 0.1) is 5.41 Å². The first-order chi connectivity index (χ1) is 8.26. The fraction of sp³-hybridized carbons (Fsp3) is 0.929. The average molecular weight is 238 g/mol. The van der Waals surface area contributed by atoms with E-state index in [0.29, 0.717) is 12.0 Å². The van der Waals surface area contributed by atoms with Gasteiger partial charge in [-0.05, 0) is 37.6 Å². The zero-order valence-electron chi connectivity index (χ0n) is 11.4. The van der Waals surface area contributed by atoms with E-state index in [-0.39, 0.29) is 0 Å². The van der Waals surface area contributed by atoms with E-state index in [4.69, 9.17) is 0 Å². The summed E-state index contributed by atoms with van der Waals surface area (Å²) < 4.78 is 0. The maximum atomic E-state index is 9.85. The van der Waals surface area contributed by atoms with Crippen LogP contribution in [0.3, 0.4) is 0 Å². The van der Waals surface area contributed by atoms with Crippen LogP contribution in [-0.4, -0.2) is 37.2 Å². The second kappa shape index (κ2) is 7.62. The molecule has 3 nitrogen and oxygen atoms in total. The molecule has 0 atom stereocenters. The largest absolute Gasteiger partial charge is 0.302 e. The van der Waals surface area contributed by atoms with E-state index in [1.807, 2.05) is 0 Å². The molecule has 0 amide bonds. The first-order valence-electron chi connectivity index (χ1n) is 7.02. The van der Waals surface area contributed by atoms with Gasteiger partial charge in [0.15, 0.2) is 0 Å². The highest BCUT2D eigenvalue weighted by Crippen LogP contribution is 2.36. The Morgan fingerprint density at radius 3 is 2.35 bits per heavy atom. The molecule has 17 heavy (non-hydrogen) atoms. The Kier molecular flexibility index (Phi) is 6.46. The smallest absolute Gasteiger partial charge is 0.234 e. The van der Waals surface area contributed by atoms with Crippen LogP contribution >= 0.6 is 0 Å². The molecule has 98 valence electrons. The summed E-state index contributed by atoms with van der Waals surface area (Å²) in [6, 6.07) is 0. The molecule has 0 aliphatic carbocycles. The van der Waals surface area contributed by atoms with Crippen molar-refractivity contribution in [2.45, 2.75) is 52.4 Å². The molecule has 0 spiro atoms. The number of likely N-dealkylation sites (tertiary alicyclic amines) is 1. The molecule has 1 aliphatic heterocycles. The van der Waals surface area contributed by atoms with Crippen molar-refractivity contribution in [3.63, 3.8) is 0 Å². The molecule has 0 aromatic rings. The van der Waals surface area contributed by atoms with Gasteiger partial charge in [0.05, 0.1) is 6.54 Å². The zero-order valence-corrected chi connectivity index (χ0v) is 11.4. The topological polar surface area (TPSA) is 32.7 Å². The van der Waals surface area contributed by atoms with Crippen LogP contribution in [0.5, 0.6) is 0 Å². The third kappa shape index (κ3) is 4.61. The Balaban J connectivity index is 1.94. The normalized spacial score (nSPS) is 18.5. The van der Waals surface area contributed by atoms with Gasteiger partial charge in [-0.25, -0.2) is 9.79 Å². The minimum absolute atomic E-state index is 0.638. The molecule has 0 N–H and O–H groups in total. The number of rotatable bonds is 9. The van der Waals surface area contributed by atoms with Crippen LogP contribution in [0.25, 0.3) is 0 Å². The molecule has 1 saturated heterocycles. The van der Waals surface area contributed by atoms with E-state index in [2.05, 4.69) is 23.7 Å². The van der Waals surface area contributed by atoms with Crippen LogP contribution in [0.4, 0.5) is 0 Å². The monoisotopic (exact) mass is 238 g/mol. The quantitative estimate of drug-likeness (QED) is 0.351. The number of nitrogens with zero attached hydrogens (tertiary/aromatic N) is 2. The van der Waals surface area contributed by atoms with Gasteiger partial charge in [-0.1, -0.05) is 26.7 Å². The minimum atomic E-state index is 0.638. The van der Waals surface area contributed by atoms with E-state index < -0.39 is 0 Å². The molecule has 0 bridgehead atoms. The molecular formula is C14H26N2O. The summed E-state index contributed by atoms with van der Waals surface area (Å²) in [5.41, 5.74) is 0.638. The third-order valence-corrected chi connectivity index (χ3v) is 4.18. The van der Waals surface area contributed by atoms with Gasteiger partial charge in [0, 0.05) is 13.1 Å². The summed E-state index contributed by atoms with van der Waals surface area (Å²) in [5.74, 6) is 0. The van der Waals surface area contributed by atoms with Crippen molar-refractivity contribution in [3.8, 4) is 0 Å². The van der Waals surface area contributed by atoms with E-state index in [0.717, 1.165) is 6.42 Å².